The predicted molar refractivity (Wildman–Crippen MR) is 88.9 cm³/mol. The molecule has 112 valence electrons. The number of methoxy groups -OCH3 is 1. The molecule has 0 radical (unpaired) electrons. The minimum atomic E-state index is 0.305. The van der Waals surface area contributed by atoms with Crippen molar-refractivity contribution in [2.75, 3.05) is 7.11 Å². The van der Waals surface area contributed by atoms with Crippen molar-refractivity contribution in [2.45, 2.75) is 39.3 Å². The largest absolute Gasteiger partial charge is 0.497 e. The van der Waals surface area contributed by atoms with Crippen molar-refractivity contribution >= 4 is 0 Å². The van der Waals surface area contributed by atoms with Crippen molar-refractivity contribution in [3.8, 4) is 5.75 Å². The summed E-state index contributed by atoms with van der Waals surface area (Å²) in [7, 11) is 1.71. The third kappa shape index (κ3) is 4.33. The molecule has 0 aromatic heterocycles. The maximum absolute atomic E-state index is 5.29. The van der Waals surface area contributed by atoms with E-state index in [0.717, 1.165) is 12.2 Å². The summed E-state index contributed by atoms with van der Waals surface area (Å²) in [4.78, 5) is 0. The Kier molecular flexibility index (Phi) is 5.40. The summed E-state index contributed by atoms with van der Waals surface area (Å²) in [5.41, 5.74) is 4.03. The molecule has 0 spiro atoms. The third-order valence-electron chi connectivity index (χ3n) is 3.92. The molecular formula is C19H25NO. The number of hydrogen-bond donors (Lipinski definition) is 1. The second-order valence-electron chi connectivity index (χ2n) is 5.70. The van der Waals surface area contributed by atoms with Gasteiger partial charge in [-0.05, 0) is 56.0 Å². The van der Waals surface area contributed by atoms with E-state index in [4.69, 9.17) is 4.74 Å². The number of aryl methyl sites for hydroxylation is 1. The van der Waals surface area contributed by atoms with Gasteiger partial charge in [0.15, 0.2) is 0 Å². The minimum absolute atomic E-state index is 0.305. The van der Waals surface area contributed by atoms with Crippen LogP contribution in [0.3, 0.4) is 0 Å². The van der Waals surface area contributed by atoms with E-state index in [1.807, 2.05) is 12.1 Å². The van der Waals surface area contributed by atoms with Gasteiger partial charge in [-0.25, -0.2) is 0 Å². The SMILES string of the molecule is COc1cccc(C(C)NC(C)Cc2ccccc2C)c1. The maximum Gasteiger partial charge on any atom is 0.119 e. The quantitative estimate of drug-likeness (QED) is 0.854. The molecule has 2 atom stereocenters. The van der Waals surface area contributed by atoms with Crippen LogP contribution in [0.1, 0.15) is 36.6 Å². The van der Waals surface area contributed by atoms with Crippen LogP contribution in [0, 0.1) is 6.92 Å². The number of ether oxygens (including phenoxy) is 1. The lowest BCUT2D eigenvalue weighted by atomic mass is 10.0. The molecule has 0 bridgehead atoms. The first-order valence-electron chi connectivity index (χ1n) is 7.54. The fourth-order valence-electron chi connectivity index (χ4n) is 2.66. The molecule has 2 unspecified atom stereocenters. The molecule has 0 fully saturated rings. The molecule has 0 heterocycles. The zero-order valence-electron chi connectivity index (χ0n) is 13.4. The molecule has 2 nitrogen and oxygen atoms in total. The Morgan fingerprint density at radius 1 is 1.05 bits per heavy atom. The molecule has 0 aliphatic heterocycles. The van der Waals surface area contributed by atoms with Gasteiger partial charge in [-0.2, -0.15) is 0 Å². The zero-order chi connectivity index (χ0) is 15.2. The van der Waals surface area contributed by atoms with Crippen LogP contribution in [-0.2, 0) is 6.42 Å². The second-order valence-corrected chi connectivity index (χ2v) is 5.70. The van der Waals surface area contributed by atoms with Gasteiger partial charge in [-0.1, -0.05) is 36.4 Å². The molecule has 0 saturated carbocycles. The van der Waals surface area contributed by atoms with Crippen LogP contribution < -0.4 is 10.1 Å². The molecule has 2 heteroatoms. The van der Waals surface area contributed by atoms with Gasteiger partial charge in [0.25, 0.3) is 0 Å². The summed E-state index contributed by atoms with van der Waals surface area (Å²) < 4.78 is 5.29. The maximum atomic E-state index is 5.29. The van der Waals surface area contributed by atoms with E-state index in [-0.39, 0.29) is 0 Å². The van der Waals surface area contributed by atoms with E-state index in [0.29, 0.717) is 12.1 Å². The Bertz CT molecular complexity index is 579. The van der Waals surface area contributed by atoms with E-state index < -0.39 is 0 Å². The monoisotopic (exact) mass is 283 g/mol. The molecule has 1 N–H and O–H groups in total. The van der Waals surface area contributed by atoms with Crippen LogP contribution in [0.4, 0.5) is 0 Å². The molecule has 2 rings (SSSR count). The van der Waals surface area contributed by atoms with Crippen LogP contribution in [0.15, 0.2) is 48.5 Å². The lowest BCUT2D eigenvalue weighted by Gasteiger charge is -2.21. The normalized spacial score (nSPS) is 13.7. The summed E-state index contributed by atoms with van der Waals surface area (Å²) in [5.74, 6) is 0.910. The highest BCUT2D eigenvalue weighted by Gasteiger charge is 2.11. The van der Waals surface area contributed by atoms with Crippen molar-refractivity contribution in [3.63, 3.8) is 0 Å². The lowest BCUT2D eigenvalue weighted by molar-refractivity contribution is 0.412. The molecule has 2 aromatic rings. The first kappa shape index (κ1) is 15.6. The summed E-state index contributed by atoms with van der Waals surface area (Å²) in [6.45, 7) is 6.61. The van der Waals surface area contributed by atoms with E-state index >= 15 is 0 Å². The van der Waals surface area contributed by atoms with Crippen molar-refractivity contribution in [1.82, 2.24) is 5.32 Å². The zero-order valence-corrected chi connectivity index (χ0v) is 13.4. The first-order valence-corrected chi connectivity index (χ1v) is 7.54. The van der Waals surface area contributed by atoms with E-state index in [1.165, 1.54) is 16.7 Å². The van der Waals surface area contributed by atoms with Crippen molar-refractivity contribution in [3.05, 3.63) is 65.2 Å². The molecule has 0 aliphatic rings. The highest BCUT2D eigenvalue weighted by atomic mass is 16.5. The highest BCUT2D eigenvalue weighted by Crippen LogP contribution is 2.20. The fourth-order valence-corrected chi connectivity index (χ4v) is 2.66. The van der Waals surface area contributed by atoms with Gasteiger partial charge < -0.3 is 10.1 Å². The van der Waals surface area contributed by atoms with Crippen LogP contribution in [0.2, 0.25) is 0 Å². The Morgan fingerprint density at radius 3 is 2.52 bits per heavy atom. The van der Waals surface area contributed by atoms with Crippen LogP contribution in [0.25, 0.3) is 0 Å². The van der Waals surface area contributed by atoms with Gasteiger partial charge in [0.05, 0.1) is 7.11 Å². The van der Waals surface area contributed by atoms with Gasteiger partial charge in [-0.3, -0.25) is 0 Å². The summed E-state index contributed by atoms with van der Waals surface area (Å²) in [5, 5.41) is 3.67. The van der Waals surface area contributed by atoms with Crippen LogP contribution >= 0.6 is 0 Å². The van der Waals surface area contributed by atoms with E-state index in [2.05, 4.69) is 62.5 Å². The van der Waals surface area contributed by atoms with Crippen LogP contribution in [0.5, 0.6) is 5.75 Å². The Morgan fingerprint density at radius 2 is 1.81 bits per heavy atom. The molecule has 0 amide bonds. The Hall–Kier alpha value is -1.80. The summed E-state index contributed by atoms with van der Waals surface area (Å²) >= 11 is 0. The molecule has 2 aromatic carbocycles. The van der Waals surface area contributed by atoms with Crippen molar-refractivity contribution < 1.29 is 4.74 Å². The standard InChI is InChI=1S/C19H25NO/c1-14-8-5-6-9-17(14)12-15(2)20-16(3)18-10-7-11-19(13-18)21-4/h5-11,13,15-16,20H,12H2,1-4H3. The van der Waals surface area contributed by atoms with Crippen molar-refractivity contribution in [1.29, 1.82) is 0 Å². The smallest absolute Gasteiger partial charge is 0.119 e. The average Bonchev–Trinajstić information content (AvgIpc) is 2.49. The number of hydrogen-bond acceptors (Lipinski definition) is 2. The number of benzene rings is 2. The van der Waals surface area contributed by atoms with Gasteiger partial charge >= 0.3 is 0 Å². The van der Waals surface area contributed by atoms with E-state index in [9.17, 15) is 0 Å². The fraction of sp³-hybridized carbons (Fsp3) is 0.368. The van der Waals surface area contributed by atoms with Gasteiger partial charge in [0, 0.05) is 12.1 Å². The molecule has 21 heavy (non-hydrogen) atoms. The molecule has 0 saturated heterocycles. The third-order valence-corrected chi connectivity index (χ3v) is 3.92. The van der Waals surface area contributed by atoms with Gasteiger partial charge in [0.1, 0.15) is 5.75 Å². The first-order chi connectivity index (χ1) is 10.1. The number of nitrogens with one attached hydrogen (secondary N) is 1. The molecule has 0 aliphatic carbocycles. The Labute approximate surface area is 128 Å². The Balaban J connectivity index is 1.98. The summed E-state index contributed by atoms with van der Waals surface area (Å²) in [6.07, 6.45) is 1.04. The van der Waals surface area contributed by atoms with Gasteiger partial charge in [-0.15, -0.1) is 0 Å². The second kappa shape index (κ2) is 7.28. The van der Waals surface area contributed by atoms with Crippen LogP contribution in [-0.4, -0.2) is 13.2 Å². The van der Waals surface area contributed by atoms with E-state index in [1.54, 1.807) is 7.11 Å². The van der Waals surface area contributed by atoms with Crippen molar-refractivity contribution in [2.24, 2.45) is 0 Å². The average molecular weight is 283 g/mol. The molecular weight excluding hydrogens is 258 g/mol. The predicted octanol–water partition coefficient (Wildman–Crippen LogP) is 4.29. The topological polar surface area (TPSA) is 21.3 Å². The minimum Gasteiger partial charge on any atom is -0.497 e. The lowest BCUT2D eigenvalue weighted by Crippen LogP contribution is -2.30. The highest BCUT2D eigenvalue weighted by molar-refractivity contribution is 5.30. The number of rotatable bonds is 6. The van der Waals surface area contributed by atoms with Gasteiger partial charge in [0.2, 0.25) is 0 Å². The summed E-state index contributed by atoms with van der Waals surface area (Å²) in [6, 6.07) is 17.6.